The van der Waals surface area contributed by atoms with E-state index in [4.69, 9.17) is 9.47 Å². The molecule has 16 heteroatoms. The molecular weight excluding hydrogens is 584 g/mol. The number of carbonyl (C=O) groups excluding carboxylic acids is 1. The molecule has 232 valence electrons. The summed E-state index contributed by atoms with van der Waals surface area (Å²) in [6.07, 6.45) is -9.17. The normalized spacial score (nSPS) is 18.9. The molecule has 1 aliphatic carbocycles. The molecule has 0 spiro atoms. The van der Waals surface area contributed by atoms with Crippen LogP contribution in [0.5, 0.6) is 5.88 Å². The van der Waals surface area contributed by atoms with Gasteiger partial charge in [-0.3, -0.25) is 4.90 Å². The Bertz CT molecular complexity index is 1460. The Labute approximate surface area is 242 Å². The fourth-order valence-corrected chi connectivity index (χ4v) is 5.30. The van der Waals surface area contributed by atoms with E-state index in [0.29, 0.717) is 23.5 Å². The Hall–Kier alpha value is -4.11. The molecule has 0 saturated heterocycles. The number of rotatable bonds is 7. The van der Waals surface area contributed by atoms with Gasteiger partial charge in [0, 0.05) is 18.7 Å². The lowest BCUT2D eigenvalue weighted by Crippen LogP contribution is -2.50. The number of aromatic nitrogens is 5. The molecule has 0 N–H and O–H groups in total. The molecule has 3 aromatic rings. The molecule has 2 aromatic heterocycles. The van der Waals surface area contributed by atoms with Crippen LogP contribution in [-0.4, -0.2) is 50.5 Å². The van der Waals surface area contributed by atoms with E-state index >= 15 is 0 Å². The van der Waals surface area contributed by atoms with Crippen LogP contribution in [-0.2, 0) is 30.7 Å². The lowest BCUT2D eigenvalue weighted by Gasteiger charge is -2.43. The van der Waals surface area contributed by atoms with Gasteiger partial charge in [-0.25, -0.2) is 9.78 Å². The zero-order chi connectivity index (χ0) is 31.3. The predicted molar refractivity (Wildman–Crippen MR) is 140 cm³/mol. The van der Waals surface area contributed by atoms with Gasteiger partial charge in [-0.05, 0) is 74.1 Å². The van der Waals surface area contributed by atoms with Gasteiger partial charge in [0.15, 0.2) is 0 Å². The summed E-state index contributed by atoms with van der Waals surface area (Å²) in [5.74, 6) is 0.248. The second kappa shape index (κ2) is 11.2. The average Bonchev–Trinajstić information content (AvgIpc) is 3.69. The highest BCUT2D eigenvalue weighted by molar-refractivity contribution is 5.90. The van der Waals surface area contributed by atoms with Gasteiger partial charge in [0.1, 0.15) is 0 Å². The van der Waals surface area contributed by atoms with Crippen LogP contribution in [0.1, 0.15) is 61.5 Å². The summed E-state index contributed by atoms with van der Waals surface area (Å²) in [6.45, 7) is 2.99. The molecule has 1 saturated carbocycles. The van der Waals surface area contributed by atoms with Crippen molar-refractivity contribution in [3.63, 3.8) is 0 Å². The van der Waals surface area contributed by atoms with E-state index in [9.17, 15) is 31.1 Å². The number of amides is 1. The van der Waals surface area contributed by atoms with Gasteiger partial charge in [0.2, 0.25) is 5.88 Å². The van der Waals surface area contributed by atoms with Gasteiger partial charge in [-0.1, -0.05) is 5.10 Å². The number of halogens is 6. The van der Waals surface area contributed by atoms with E-state index in [0.717, 1.165) is 17.6 Å². The first-order valence-corrected chi connectivity index (χ1v) is 13.5. The average molecular weight is 614 g/mol. The molecule has 1 amide bonds. The summed E-state index contributed by atoms with van der Waals surface area (Å²) >= 11 is 0. The Morgan fingerprint density at radius 2 is 1.72 bits per heavy atom. The lowest BCUT2D eigenvalue weighted by atomic mass is 9.90. The van der Waals surface area contributed by atoms with Crippen molar-refractivity contribution in [2.24, 2.45) is 13.0 Å². The number of ether oxygens (including phenoxy) is 2. The quantitative estimate of drug-likeness (QED) is 0.303. The standard InChI is InChI=1S/C27H29F6N7O3/c1-14(2)43-25(41)40-19-7-8-22(42-4)34-23(19)21(12-20(40)16-5-6-16)39(24-35-37-38(3)36-24)13-15-9-17(26(28,29)30)11-18(10-15)27(31,32)33/h7-11,14,16,20-21H,5-6,12-13H2,1-4H3/t20-,21-/m0/s1. The molecule has 2 aliphatic rings. The van der Waals surface area contributed by atoms with Crippen LogP contribution in [0.15, 0.2) is 30.3 Å². The maximum Gasteiger partial charge on any atom is 0.416 e. The highest BCUT2D eigenvalue weighted by Crippen LogP contribution is 2.49. The van der Waals surface area contributed by atoms with Crippen molar-refractivity contribution in [2.75, 3.05) is 16.9 Å². The highest BCUT2D eigenvalue weighted by Gasteiger charge is 2.48. The number of benzene rings is 1. The van der Waals surface area contributed by atoms with Crippen molar-refractivity contribution in [1.82, 2.24) is 25.2 Å². The molecule has 5 rings (SSSR count). The third-order valence-corrected chi connectivity index (χ3v) is 7.29. The molecule has 43 heavy (non-hydrogen) atoms. The molecule has 1 fully saturated rings. The molecule has 1 aromatic carbocycles. The van der Waals surface area contributed by atoms with E-state index < -0.39 is 54.3 Å². The summed E-state index contributed by atoms with van der Waals surface area (Å²) < 4.78 is 93.1. The van der Waals surface area contributed by atoms with Gasteiger partial charge in [0.25, 0.3) is 5.95 Å². The number of carbonyl (C=O) groups is 1. The first-order chi connectivity index (χ1) is 20.2. The third-order valence-electron chi connectivity index (χ3n) is 7.29. The van der Waals surface area contributed by atoms with Gasteiger partial charge in [-0.2, -0.15) is 31.1 Å². The van der Waals surface area contributed by atoms with Crippen LogP contribution in [0, 0.1) is 5.92 Å². The van der Waals surface area contributed by atoms with Gasteiger partial charge >= 0.3 is 18.4 Å². The Morgan fingerprint density at radius 3 is 2.23 bits per heavy atom. The largest absolute Gasteiger partial charge is 0.481 e. The molecule has 0 bridgehead atoms. The van der Waals surface area contributed by atoms with Gasteiger partial charge in [-0.15, -0.1) is 5.10 Å². The van der Waals surface area contributed by atoms with Crippen molar-refractivity contribution >= 4 is 17.7 Å². The van der Waals surface area contributed by atoms with Crippen LogP contribution in [0.2, 0.25) is 0 Å². The molecule has 0 unspecified atom stereocenters. The van der Waals surface area contributed by atoms with Crippen molar-refractivity contribution in [1.29, 1.82) is 0 Å². The minimum Gasteiger partial charge on any atom is -0.481 e. The Morgan fingerprint density at radius 1 is 1.07 bits per heavy atom. The van der Waals surface area contributed by atoms with E-state index in [2.05, 4.69) is 20.4 Å². The first-order valence-electron chi connectivity index (χ1n) is 13.5. The number of hydrogen-bond acceptors (Lipinski definition) is 8. The summed E-state index contributed by atoms with van der Waals surface area (Å²) in [6, 6.07) is 3.44. The predicted octanol–water partition coefficient (Wildman–Crippen LogP) is 5.93. The zero-order valence-electron chi connectivity index (χ0n) is 23.6. The number of nitrogens with zero attached hydrogens (tertiary/aromatic N) is 7. The SMILES string of the molecule is COc1ccc2c(n1)[C@@H](N(Cc1cc(C(F)(F)F)cc(C(F)(F)F)c1)c1nnn(C)n1)C[C@@H](C1CC1)N2C(=O)OC(C)C. The molecule has 0 radical (unpaired) electrons. The second-order valence-electron chi connectivity index (χ2n) is 10.8. The molecule has 3 heterocycles. The fraction of sp³-hybridized carbons (Fsp3) is 0.519. The lowest BCUT2D eigenvalue weighted by molar-refractivity contribution is -0.143. The van der Waals surface area contributed by atoms with Crippen LogP contribution in [0.3, 0.4) is 0 Å². The number of aryl methyl sites for hydroxylation is 1. The molecule has 10 nitrogen and oxygen atoms in total. The van der Waals surface area contributed by atoms with E-state index in [1.54, 1.807) is 26.0 Å². The minimum absolute atomic E-state index is 0.0400. The number of hydrogen-bond donors (Lipinski definition) is 0. The van der Waals surface area contributed by atoms with Crippen LogP contribution >= 0.6 is 0 Å². The highest BCUT2D eigenvalue weighted by atomic mass is 19.4. The number of alkyl halides is 6. The topological polar surface area (TPSA) is 98.5 Å². The molecular formula is C27H29F6N7O3. The van der Waals surface area contributed by atoms with Crippen molar-refractivity contribution < 1.29 is 40.6 Å². The summed E-state index contributed by atoms with van der Waals surface area (Å²) in [4.78, 5) is 22.1. The zero-order valence-corrected chi connectivity index (χ0v) is 23.6. The van der Waals surface area contributed by atoms with E-state index in [-0.39, 0.29) is 35.8 Å². The Balaban J connectivity index is 1.66. The van der Waals surface area contributed by atoms with E-state index in [1.807, 2.05) is 0 Å². The van der Waals surface area contributed by atoms with Crippen LogP contribution < -0.4 is 14.5 Å². The van der Waals surface area contributed by atoms with Gasteiger partial charge in [0.05, 0.1) is 48.8 Å². The van der Waals surface area contributed by atoms with E-state index in [1.165, 1.54) is 24.0 Å². The molecule has 2 atom stereocenters. The third kappa shape index (κ3) is 6.46. The number of tetrazole rings is 1. The minimum atomic E-state index is -5.02. The number of fused-ring (bicyclic) bond motifs is 1. The molecule has 1 aliphatic heterocycles. The maximum atomic E-state index is 13.7. The van der Waals surface area contributed by atoms with Crippen molar-refractivity contribution in [3.05, 3.63) is 52.7 Å². The number of pyridine rings is 1. The number of methoxy groups -OCH3 is 1. The summed E-state index contributed by atoms with van der Waals surface area (Å²) in [5, 5.41) is 12.1. The monoisotopic (exact) mass is 613 g/mol. The maximum absolute atomic E-state index is 13.7. The van der Waals surface area contributed by atoms with Crippen molar-refractivity contribution in [3.8, 4) is 5.88 Å². The first kappa shape index (κ1) is 30.4. The van der Waals surface area contributed by atoms with Crippen molar-refractivity contribution in [2.45, 2.75) is 70.2 Å². The summed E-state index contributed by atoms with van der Waals surface area (Å²) in [5.41, 5.74) is -2.47. The number of anilines is 2. The Kier molecular flexibility index (Phi) is 7.90. The van der Waals surface area contributed by atoms with Gasteiger partial charge < -0.3 is 14.4 Å². The van der Waals surface area contributed by atoms with Crippen LogP contribution in [0.4, 0.5) is 42.8 Å². The fourth-order valence-electron chi connectivity index (χ4n) is 5.30. The van der Waals surface area contributed by atoms with Crippen LogP contribution in [0.25, 0.3) is 0 Å². The smallest absolute Gasteiger partial charge is 0.416 e. The second-order valence-corrected chi connectivity index (χ2v) is 10.8. The summed E-state index contributed by atoms with van der Waals surface area (Å²) in [7, 11) is 2.88.